The summed E-state index contributed by atoms with van der Waals surface area (Å²) in [6.07, 6.45) is 3.13. The molecule has 1 N–H and O–H groups in total. The quantitative estimate of drug-likeness (QED) is 0.655. The first-order chi connectivity index (χ1) is 9.15. The molecule has 1 saturated heterocycles. The number of aromatic nitrogens is 1. The number of oxime groups is 1. The molecule has 0 radical (unpaired) electrons. The number of aryl methyl sites for hydroxylation is 1. The number of nitrogens with zero attached hydrogens (tertiary/aromatic N) is 3. The normalized spacial score (nSPS) is 21.7. The SMILES string of the molecule is CCC1CN(C(=O)c2ccc(C)nc2)CC/C1=N\O. The average molecular weight is 261 g/mol. The van der Waals surface area contributed by atoms with E-state index in [1.54, 1.807) is 12.3 Å². The Morgan fingerprint density at radius 2 is 2.37 bits per heavy atom. The molecule has 1 aliphatic rings. The van der Waals surface area contributed by atoms with Gasteiger partial charge in [0.05, 0.1) is 11.3 Å². The maximum atomic E-state index is 12.4. The molecule has 19 heavy (non-hydrogen) atoms. The van der Waals surface area contributed by atoms with Crippen LogP contribution in [0, 0.1) is 12.8 Å². The molecular weight excluding hydrogens is 242 g/mol. The van der Waals surface area contributed by atoms with E-state index in [-0.39, 0.29) is 11.8 Å². The summed E-state index contributed by atoms with van der Waals surface area (Å²) in [6.45, 7) is 5.15. The van der Waals surface area contributed by atoms with Gasteiger partial charge in [-0.3, -0.25) is 9.78 Å². The van der Waals surface area contributed by atoms with E-state index in [1.807, 2.05) is 24.8 Å². The highest BCUT2D eigenvalue weighted by atomic mass is 16.4. The Morgan fingerprint density at radius 3 is 2.95 bits per heavy atom. The van der Waals surface area contributed by atoms with Crippen LogP contribution in [-0.2, 0) is 0 Å². The summed E-state index contributed by atoms with van der Waals surface area (Å²) in [5, 5.41) is 12.3. The zero-order valence-corrected chi connectivity index (χ0v) is 11.3. The van der Waals surface area contributed by atoms with Crippen molar-refractivity contribution in [3.05, 3.63) is 29.6 Å². The lowest BCUT2D eigenvalue weighted by Crippen LogP contribution is -2.44. The Morgan fingerprint density at radius 1 is 1.58 bits per heavy atom. The lowest BCUT2D eigenvalue weighted by molar-refractivity contribution is 0.0728. The molecule has 1 aromatic heterocycles. The summed E-state index contributed by atoms with van der Waals surface area (Å²) in [7, 11) is 0. The predicted molar refractivity (Wildman–Crippen MR) is 72.5 cm³/mol. The van der Waals surface area contributed by atoms with Gasteiger partial charge < -0.3 is 10.1 Å². The molecule has 0 aliphatic carbocycles. The van der Waals surface area contributed by atoms with Crippen LogP contribution in [0.1, 0.15) is 35.8 Å². The highest BCUT2D eigenvalue weighted by molar-refractivity contribution is 5.96. The van der Waals surface area contributed by atoms with Crippen molar-refractivity contribution in [3.8, 4) is 0 Å². The van der Waals surface area contributed by atoms with Gasteiger partial charge >= 0.3 is 0 Å². The summed E-state index contributed by atoms with van der Waals surface area (Å²) in [5.74, 6) is 0.157. The molecule has 2 rings (SSSR count). The van der Waals surface area contributed by atoms with Crippen LogP contribution in [0.2, 0.25) is 0 Å². The van der Waals surface area contributed by atoms with E-state index < -0.39 is 0 Å². The van der Waals surface area contributed by atoms with Crippen LogP contribution >= 0.6 is 0 Å². The molecule has 1 aromatic rings. The number of amides is 1. The highest BCUT2D eigenvalue weighted by Gasteiger charge is 2.28. The average Bonchev–Trinajstić information content (AvgIpc) is 2.46. The lowest BCUT2D eigenvalue weighted by Gasteiger charge is -2.32. The molecule has 1 fully saturated rings. The van der Waals surface area contributed by atoms with Gasteiger partial charge in [0.15, 0.2) is 0 Å². The van der Waals surface area contributed by atoms with Gasteiger partial charge in [-0.25, -0.2) is 0 Å². The molecule has 5 nitrogen and oxygen atoms in total. The van der Waals surface area contributed by atoms with Crippen molar-refractivity contribution in [1.29, 1.82) is 0 Å². The standard InChI is InChI=1S/C14H19N3O2/c1-3-11-9-17(7-6-13(11)16-19)14(18)12-5-4-10(2)15-8-12/h4-5,8,11,19H,3,6-7,9H2,1-2H3/b16-13+. The number of rotatable bonds is 2. The fourth-order valence-electron chi connectivity index (χ4n) is 2.37. The van der Waals surface area contributed by atoms with E-state index in [2.05, 4.69) is 10.1 Å². The van der Waals surface area contributed by atoms with Gasteiger partial charge in [-0.1, -0.05) is 12.1 Å². The van der Waals surface area contributed by atoms with Crippen LogP contribution in [-0.4, -0.2) is 39.8 Å². The van der Waals surface area contributed by atoms with Gasteiger partial charge in [0.1, 0.15) is 0 Å². The number of likely N-dealkylation sites (tertiary alicyclic amines) is 1. The van der Waals surface area contributed by atoms with Gasteiger partial charge in [0.2, 0.25) is 0 Å². The molecule has 1 unspecified atom stereocenters. The number of pyridine rings is 1. The van der Waals surface area contributed by atoms with Crippen molar-refractivity contribution in [2.45, 2.75) is 26.7 Å². The van der Waals surface area contributed by atoms with Crippen LogP contribution in [0.15, 0.2) is 23.5 Å². The minimum absolute atomic E-state index is 0.00272. The second-order valence-corrected chi connectivity index (χ2v) is 4.89. The summed E-state index contributed by atoms with van der Waals surface area (Å²) in [6, 6.07) is 3.65. The molecule has 5 heteroatoms. The molecule has 0 aromatic carbocycles. The summed E-state index contributed by atoms with van der Waals surface area (Å²) < 4.78 is 0. The monoisotopic (exact) mass is 261 g/mol. The number of piperidine rings is 1. The maximum absolute atomic E-state index is 12.4. The second-order valence-electron chi connectivity index (χ2n) is 4.89. The maximum Gasteiger partial charge on any atom is 0.255 e. The van der Waals surface area contributed by atoms with Crippen molar-refractivity contribution in [3.63, 3.8) is 0 Å². The lowest BCUT2D eigenvalue weighted by atomic mass is 9.93. The first-order valence-corrected chi connectivity index (χ1v) is 6.58. The predicted octanol–water partition coefficient (Wildman–Crippen LogP) is 2.09. The van der Waals surface area contributed by atoms with Gasteiger partial charge in [0.25, 0.3) is 5.91 Å². The van der Waals surface area contributed by atoms with Crippen molar-refractivity contribution < 1.29 is 10.0 Å². The molecule has 1 atom stereocenters. The summed E-state index contributed by atoms with van der Waals surface area (Å²) in [5.41, 5.74) is 2.31. The third-order valence-corrected chi connectivity index (χ3v) is 3.62. The Balaban J connectivity index is 2.10. The van der Waals surface area contributed by atoms with Crippen molar-refractivity contribution in [1.82, 2.24) is 9.88 Å². The van der Waals surface area contributed by atoms with Crippen molar-refractivity contribution in [2.24, 2.45) is 11.1 Å². The highest BCUT2D eigenvalue weighted by Crippen LogP contribution is 2.19. The largest absolute Gasteiger partial charge is 0.411 e. The molecule has 1 amide bonds. The topological polar surface area (TPSA) is 65.8 Å². The van der Waals surface area contributed by atoms with Crippen molar-refractivity contribution >= 4 is 11.6 Å². The Hall–Kier alpha value is -1.91. The van der Waals surface area contributed by atoms with Gasteiger partial charge in [-0.2, -0.15) is 0 Å². The third-order valence-electron chi connectivity index (χ3n) is 3.62. The number of hydrogen-bond acceptors (Lipinski definition) is 4. The fraction of sp³-hybridized carbons (Fsp3) is 0.500. The minimum atomic E-state index is 0.00272. The first-order valence-electron chi connectivity index (χ1n) is 6.58. The smallest absolute Gasteiger partial charge is 0.255 e. The van der Waals surface area contributed by atoms with E-state index in [1.165, 1.54) is 0 Å². The Labute approximate surface area is 112 Å². The van der Waals surface area contributed by atoms with Gasteiger partial charge in [-0.15, -0.1) is 0 Å². The number of hydrogen-bond donors (Lipinski definition) is 1. The molecular formula is C14H19N3O2. The van der Waals surface area contributed by atoms with E-state index in [4.69, 9.17) is 5.21 Å². The molecule has 0 spiro atoms. The number of carbonyl (C=O) groups excluding carboxylic acids is 1. The summed E-state index contributed by atoms with van der Waals surface area (Å²) >= 11 is 0. The van der Waals surface area contributed by atoms with E-state index >= 15 is 0 Å². The number of carbonyl (C=O) groups is 1. The molecule has 102 valence electrons. The molecule has 1 aliphatic heterocycles. The van der Waals surface area contributed by atoms with Gasteiger partial charge in [0, 0.05) is 37.3 Å². The van der Waals surface area contributed by atoms with Crippen molar-refractivity contribution in [2.75, 3.05) is 13.1 Å². The third kappa shape index (κ3) is 2.92. The van der Waals surface area contributed by atoms with Crippen LogP contribution in [0.25, 0.3) is 0 Å². The zero-order chi connectivity index (χ0) is 13.8. The first kappa shape index (κ1) is 13.5. The van der Waals surface area contributed by atoms with E-state index in [9.17, 15) is 4.79 Å². The minimum Gasteiger partial charge on any atom is -0.411 e. The van der Waals surface area contributed by atoms with Crippen LogP contribution in [0.5, 0.6) is 0 Å². The zero-order valence-electron chi connectivity index (χ0n) is 11.3. The molecule has 2 heterocycles. The van der Waals surface area contributed by atoms with Crippen LogP contribution < -0.4 is 0 Å². The summed E-state index contributed by atoms with van der Waals surface area (Å²) in [4.78, 5) is 18.3. The van der Waals surface area contributed by atoms with Crippen LogP contribution in [0.4, 0.5) is 0 Å². The Bertz CT molecular complexity index is 482. The molecule has 0 bridgehead atoms. The van der Waals surface area contributed by atoms with E-state index in [0.29, 0.717) is 25.1 Å². The second kappa shape index (κ2) is 5.82. The molecule has 0 saturated carbocycles. The van der Waals surface area contributed by atoms with E-state index in [0.717, 1.165) is 17.8 Å². The fourth-order valence-corrected chi connectivity index (χ4v) is 2.37. The Kier molecular flexibility index (Phi) is 4.14. The van der Waals surface area contributed by atoms with Crippen LogP contribution in [0.3, 0.4) is 0 Å². The van der Waals surface area contributed by atoms with Gasteiger partial charge in [-0.05, 0) is 25.5 Å².